The molecule has 0 aliphatic carbocycles. The molecular formula is C83H76Cl2N16O8. The molecule has 0 amide bonds. The number of halogens is 2. The van der Waals surface area contributed by atoms with Crippen LogP contribution in [0.15, 0.2) is 208 Å². The number of fused-ring (bicyclic) bond motifs is 8. The van der Waals surface area contributed by atoms with E-state index in [-0.39, 0.29) is 22.8 Å². The first-order valence-corrected chi connectivity index (χ1v) is 36.6. The average Bonchev–Trinajstić information content (AvgIpc) is 0.767. The minimum absolute atomic E-state index is 0.179. The summed E-state index contributed by atoms with van der Waals surface area (Å²) in [7, 11) is 0. The van der Waals surface area contributed by atoms with E-state index in [1.54, 1.807) is 0 Å². The van der Waals surface area contributed by atoms with Crippen molar-refractivity contribution in [2.24, 2.45) is 0 Å². The van der Waals surface area contributed by atoms with Crippen LogP contribution in [0.3, 0.4) is 0 Å². The van der Waals surface area contributed by atoms with Gasteiger partial charge in [-0.05, 0) is 228 Å². The van der Waals surface area contributed by atoms with Crippen LogP contribution in [-0.4, -0.2) is 78.1 Å². The van der Waals surface area contributed by atoms with Gasteiger partial charge in [-0.2, -0.15) is 19.9 Å². The number of nitrogens with one attached hydrogen (secondary N) is 4. The van der Waals surface area contributed by atoms with Crippen LogP contribution in [-0.2, 0) is 51.9 Å². The number of H-pyrrole nitrogens is 4. The van der Waals surface area contributed by atoms with Gasteiger partial charge < -0.3 is 18.3 Å². The molecule has 0 unspecified atom stereocenters. The van der Waals surface area contributed by atoms with Gasteiger partial charge in [-0.25, -0.2) is 39.1 Å². The predicted molar refractivity (Wildman–Crippen MR) is 426 cm³/mol. The van der Waals surface area contributed by atoms with Crippen LogP contribution in [0.25, 0.3) is 90.2 Å². The van der Waals surface area contributed by atoms with E-state index in [9.17, 15) is 38.4 Å². The van der Waals surface area contributed by atoms with Crippen LogP contribution in [0.1, 0.15) is 87.7 Å². The predicted octanol–water partition coefficient (Wildman–Crippen LogP) is 12.4. The molecule has 0 aromatic heterocycles. The molecule has 16 rings (SSSR count). The van der Waals surface area contributed by atoms with E-state index >= 15 is 0 Å². The molecule has 8 heterocycles. The molecule has 4 N–H and O–H groups in total. The highest BCUT2D eigenvalue weighted by Gasteiger charge is 2.24. The molecule has 0 saturated carbocycles. The van der Waals surface area contributed by atoms with Gasteiger partial charge in [0.05, 0.1) is 44.1 Å². The summed E-state index contributed by atoms with van der Waals surface area (Å²) in [5, 5.41) is 1.42. The van der Waals surface area contributed by atoms with Crippen molar-refractivity contribution in [1.29, 1.82) is 0 Å². The standard InChI is InChI=1S/2C21H19ClN4O2.C21H20N4O2.C20H18N4O2/c1-12-9-16-17(10-13(12)2)26(8-4-6-14-5-3-7-15(22)11-14)19-18(23-16)20(27)25-21(28)24-19;1-12-10-16-17(11-13(12)2)26(9-3-4-14-5-7-15(22)8-6-14)19-18(23-16)20(27)25-21(28)24-19;1-14-10-11-17-16(13-14)22-18-19(23-21(27)24-20(18)26)25(17)12-6-5-9-15-7-3-2-4-8-15;1-13-9-10-16-15(12-13)21-17-18(22-20(26)23-19(17)25)24(16)11-5-8-14-6-3-2-4-7-14/h3,5,7,9-11H,4,6,8H2,1-2H3,(H,25,27,28);5-8,10-11H,3-4,9H2,1-2H3,(H,25,27,28);2-4,7-8,10-11,13H,5-6,9,12H2,1H3,(H,24,26,27);2-4,6-7,9-10,12H,5,8,11H2,1H3,(H,23,25,26). The molecule has 8 aromatic rings. The number of benzene rings is 8. The maximum Gasteiger partial charge on any atom is 0.349 e. The van der Waals surface area contributed by atoms with Crippen molar-refractivity contribution in [3.63, 3.8) is 0 Å². The van der Waals surface area contributed by atoms with Gasteiger partial charge in [-0.1, -0.05) is 120 Å². The summed E-state index contributed by atoms with van der Waals surface area (Å²) in [5.41, 5.74) is 13.9. The van der Waals surface area contributed by atoms with Crippen LogP contribution in [0.2, 0.25) is 10.0 Å². The van der Waals surface area contributed by atoms with Crippen molar-refractivity contribution >= 4 is 67.3 Å². The first kappa shape index (κ1) is 74.7. The monoisotopic (exact) mass is 1490 g/mol. The lowest BCUT2D eigenvalue weighted by molar-refractivity contribution is 0.615. The van der Waals surface area contributed by atoms with Gasteiger partial charge in [0, 0.05) is 36.2 Å². The van der Waals surface area contributed by atoms with Gasteiger partial charge in [-0.3, -0.25) is 39.1 Å². The molecule has 109 heavy (non-hydrogen) atoms. The van der Waals surface area contributed by atoms with Gasteiger partial charge >= 0.3 is 22.8 Å². The molecule has 0 atom stereocenters. The zero-order chi connectivity index (χ0) is 76.6. The highest BCUT2D eigenvalue weighted by atomic mass is 35.5. The molecule has 26 heteroatoms. The van der Waals surface area contributed by atoms with E-state index in [4.69, 9.17) is 23.2 Å². The molecular weight excluding hydrogens is 1420 g/mol. The summed E-state index contributed by atoms with van der Waals surface area (Å²) < 4.78 is 7.72. The third-order valence-electron chi connectivity index (χ3n) is 19.1. The number of aromatic nitrogens is 16. The Morgan fingerprint density at radius 3 is 0.991 bits per heavy atom. The van der Waals surface area contributed by atoms with Crippen molar-refractivity contribution in [3.8, 4) is 46.1 Å². The van der Waals surface area contributed by atoms with Crippen LogP contribution < -0.4 is 45.0 Å². The van der Waals surface area contributed by atoms with E-state index in [0.29, 0.717) is 70.6 Å². The van der Waals surface area contributed by atoms with Crippen molar-refractivity contribution in [2.45, 2.75) is 126 Å². The molecule has 8 aliphatic rings. The minimum atomic E-state index is -0.661. The highest BCUT2D eigenvalue weighted by Crippen LogP contribution is 2.29. The zero-order valence-corrected chi connectivity index (χ0v) is 62.3. The Balaban J connectivity index is 0.000000128. The molecule has 8 aromatic carbocycles. The summed E-state index contributed by atoms with van der Waals surface area (Å²) in [6, 6.07) is 55.9. The molecule has 0 radical (unpaired) electrons. The average molecular weight is 1500 g/mol. The summed E-state index contributed by atoms with van der Waals surface area (Å²) in [6.07, 6.45) is 7.93. The molecule has 0 fully saturated rings. The van der Waals surface area contributed by atoms with Gasteiger partial charge in [0.2, 0.25) is 0 Å². The number of hydrogen-bond acceptors (Lipinski definition) is 16. The van der Waals surface area contributed by atoms with E-state index < -0.39 is 45.0 Å². The summed E-state index contributed by atoms with van der Waals surface area (Å²) >= 11 is 12.0. The first-order chi connectivity index (χ1) is 52.6. The van der Waals surface area contributed by atoms with Gasteiger partial charge in [0.15, 0.2) is 46.1 Å². The quantitative estimate of drug-likeness (QED) is 0.0486. The molecule has 8 aliphatic heterocycles. The molecule has 550 valence electrons. The van der Waals surface area contributed by atoms with Crippen molar-refractivity contribution in [3.05, 3.63) is 319 Å². The van der Waals surface area contributed by atoms with Gasteiger partial charge in [0.1, 0.15) is 0 Å². The van der Waals surface area contributed by atoms with Crippen molar-refractivity contribution in [1.82, 2.24) is 78.1 Å². The number of aromatic amines is 4. The van der Waals surface area contributed by atoms with E-state index in [0.717, 1.165) is 130 Å². The normalized spacial score (nSPS) is 11.3. The Kier molecular flexibility index (Phi) is 22.7. The fourth-order valence-corrected chi connectivity index (χ4v) is 13.7. The number of nitrogens with zero attached hydrogens (tertiary/aromatic N) is 12. The van der Waals surface area contributed by atoms with E-state index in [2.05, 4.69) is 84.1 Å². The Bertz CT molecular complexity index is 6430. The second-order valence-corrected chi connectivity index (χ2v) is 27.9. The highest BCUT2D eigenvalue weighted by molar-refractivity contribution is 6.30. The topological polar surface area (TPSA) is 323 Å². The van der Waals surface area contributed by atoms with Gasteiger partial charge in [0.25, 0.3) is 22.2 Å². The van der Waals surface area contributed by atoms with Crippen LogP contribution in [0.4, 0.5) is 0 Å². The first-order valence-electron chi connectivity index (χ1n) is 35.8. The lowest BCUT2D eigenvalue weighted by Crippen LogP contribution is -2.29. The van der Waals surface area contributed by atoms with Crippen LogP contribution >= 0.6 is 23.2 Å². The van der Waals surface area contributed by atoms with Crippen LogP contribution in [0, 0.1) is 41.5 Å². The molecule has 0 saturated heterocycles. The molecule has 24 nitrogen and oxygen atoms in total. The number of hydrogen-bond donors (Lipinski definition) is 4. The Hall–Kier alpha value is -12.5. The fourth-order valence-electron chi connectivity index (χ4n) is 13.4. The van der Waals surface area contributed by atoms with Crippen molar-refractivity contribution < 1.29 is 0 Å². The van der Waals surface area contributed by atoms with Gasteiger partial charge in [-0.15, -0.1) is 0 Å². The molecule has 0 bridgehead atoms. The lowest BCUT2D eigenvalue weighted by Gasteiger charge is -2.17. The Morgan fingerprint density at radius 2 is 0.606 bits per heavy atom. The van der Waals surface area contributed by atoms with Crippen molar-refractivity contribution in [2.75, 3.05) is 0 Å². The third-order valence-corrected chi connectivity index (χ3v) is 19.6. The fraction of sp³-hybridized carbons (Fsp3) is 0.229. The summed E-state index contributed by atoms with van der Waals surface area (Å²) in [6.45, 7) is 14.6. The minimum Gasteiger partial charge on any atom is -0.322 e. The maximum atomic E-state index is 12.3. The zero-order valence-electron chi connectivity index (χ0n) is 60.7. The largest absolute Gasteiger partial charge is 0.349 e. The smallest absolute Gasteiger partial charge is 0.322 e. The Morgan fingerprint density at radius 1 is 0.284 bits per heavy atom. The lowest BCUT2D eigenvalue weighted by atomic mass is 10.1. The second-order valence-electron chi connectivity index (χ2n) is 27.1. The maximum absolute atomic E-state index is 12.3. The SMILES string of the molecule is Cc1cc2nc3c(=O)[nH]c(=O)nc-3n(CCCc3ccc(Cl)cc3)c2cc1C.Cc1cc2nc3c(=O)[nH]c(=O)nc-3n(CCCc3cccc(Cl)c3)c2cc1C.Cc1ccc2c(c1)nc1c(=O)[nH]c(=O)nc-1n2CCCCc1ccccc1.Cc1ccc2c(c1)nc1c(=O)[nH]c(=O)nc-1n2CCCc1ccccc1. The second kappa shape index (κ2) is 33.1. The molecule has 0 spiro atoms. The Labute approximate surface area is 632 Å². The summed E-state index contributed by atoms with van der Waals surface area (Å²) in [4.78, 5) is 139. The van der Waals surface area contributed by atoms with E-state index in [1.165, 1.54) is 16.7 Å². The van der Waals surface area contributed by atoms with E-state index in [1.807, 2.05) is 205 Å². The number of aryl methyl sites for hydroxylation is 14. The van der Waals surface area contributed by atoms with Crippen LogP contribution in [0.5, 0.6) is 0 Å². The number of rotatable bonds is 17. The third kappa shape index (κ3) is 17.5. The summed E-state index contributed by atoms with van der Waals surface area (Å²) in [5.74, 6) is 1.32. The number of unbranched alkanes of at least 4 members (excludes halogenated alkanes) is 1.